The molecule has 0 fully saturated rings. The fraction of sp³-hybridized carbons (Fsp3) is 0.312. The van der Waals surface area contributed by atoms with E-state index in [1.54, 1.807) is 6.92 Å². The number of halogens is 1. The number of benzene rings is 1. The molecule has 2 aromatic rings. The van der Waals surface area contributed by atoms with Crippen molar-refractivity contribution in [1.82, 2.24) is 9.78 Å². The van der Waals surface area contributed by atoms with Crippen molar-refractivity contribution in [2.45, 2.75) is 26.8 Å². The summed E-state index contributed by atoms with van der Waals surface area (Å²) in [4.78, 5) is 24.4. The van der Waals surface area contributed by atoms with Crippen LogP contribution >= 0.6 is 0 Å². The highest BCUT2D eigenvalue weighted by molar-refractivity contribution is 5.90. The van der Waals surface area contributed by atoms with E-state index in [9.17, 15) is 14.0 Å². The number of hydrogen-bond donors (Lipinski definition) is 0. The van der Waals surface area contributed by atoms with Gasteiger partial charge < -0.3 is 4.74 Å². The highest BCUT2D eigenvalue weighted by atomic mass is 19.1. The van der Waals surface area contributed by atoms with Crippen LogP contribution in [0.5, 0.6) is 0 Å². The third kappa shape index (κ3) is 3.21. The molecule has 0 amide bonds. The second kappa shape index (κ2) is 6.51. The Hall–Kier alpha value is -2.50. The molecule has 0 N–H and O–H groups in total. The van der Waals surface area contributed by atoms with Crippen molar-refractivity contribution in [1.29, 1.82) is 0 Å². The summed E-state index contributed by atoms with van der Waals surface area (Å²) in [6, 6.07) is 5.35. The number of nitrogens with zero attached hydrogens (tertiary/aromatic N) is 2. The predicted molar refractivity (Wildman–Crippen MR) is 80.2 cm³/mol. The smallest absolute Gasteiger partial charge is 0.343 e. The van der Waals surface area contributed by atoms with Gasteiger partial charge in [-0.15, -0.1) is 0 Å². The number of rotatable bonds is 4. The van der Waals surface area contributed by atoms with E-state index in [-0.39, 0.29) is 23.9 Å². The molecule has 0 radical (unpaired) electrons. The molecule has 0 aliphatic rings. The van der Waals surface area contributed by atoms with Gasteiger partial charge in [-0.1, -0.05) is 0 Å². The Morgan fingerprint density at radius 3 is 2.50 bits per heavy atom. The van der Waals surface area contributed by atoms with E-state index in [2.05, 4.69) is 5.10 Å². The molecular formula is C16H17FN2O3. The van der Waals surface area contributed by atoms with Gasteiger partial charge in [0.25, 0.3) is 0 Å². The minimum atomic E-state index is -0.687. The summed E-state index contributed by atoms with van der Waals surface area (Å²) >= 11 is 0. The summed E-state index contributed by atoms with van der Waals surface area (Å²) in [5, 5.41) is 4.25. The Balaban J connectivity index is 2.64. The lowest BCUT2D eigenvalue weighted by atomic mass is 10.1. The minimum absolute atomic E-state index is 0.0482. The Morgan fingerprint density at radius 1 is 1.32 bits per heavy atom. The van der Waals surface area contributed by atoms with E-state index in [0.29, 0.717) is 5.56 Å². The van der Waals surface area contributed by atoms with Gasteiger partial charge in [0, 0.05) is 17.8 Å². The standard InChI is InChI=1S/C16H17FN2O3/c1-4-22-16(21)13-9-19(10(2)3)18-14(15(13)20)11-5-7-12(17)8-6-11/h5-10H,4H2,1-3H3. The highest BCUT2D eigenvalue weighted by Crippen LogP contribution is 2.16. The first-order valence-electron chi connectivity index (χ1n) is 7.00. The number of aromatic nitrogens is 2. The maximum Gasteiger partial charge on any atom is 0.343 e. The summed E-state index contributed by atoms with van der Waals surface area (Å²) in [7, 11) is 0. The SMILES string of the molecule is CCOC(=O)c1cn(C(C)C)nc(-c2ccc(F)cc2)c1=O. The Kier molecular flexibility index (Phi) is 4.70. The third-order valence-electron chi connectivity index (χ3n) is 3.08. The van der Waals surface area contributed by atoms with Gasteiger partial charge in [0.15, 0.2) is 0 Å². The van der Waals surface area contributed by atoms with Gasteiger partial charge in [0.1, 0.15) is 17.1 Å². The van der Waals surface area contributed by atoms with Crippen molar-refractivity contribution in [3.63, 3.8) is 0 Å². The predicted octanol–water partition coefficient (Wildman–Crippen LogP) is 2.81. The molecule has 1 heterocycles. The minimum Gasteiger partial charge on any atom is -0.462 e. The first kappa shape index (κ1) is 15.9. The average molecular weight is 304 g/mol. The van der Waals surface area contributed by atoms with E-state index in [4.69, 9.17) is 4.74 Å². The van der Waals surface area contributed by atoms with Crippen molar-refractivity contribution < 1.29 is 13.9 Å². The van der Waals surface area contributed by atoms with E-state index < -0.39 is 17.2 Å². The van der Waals surface area contributed by atoms with Crippen LogP contribution in [0.2, 0.25) is 0 Å². The Morgan fingerprint density at radius 2 is 1.95 bits per heavy atom. The summed E-state index contributed by atoms with van der Waals surface area (Å²) < 4.78 is 19.5. The molecule has 0 spiro atoms. The number of carbonyl (C=O) groups excluding carboxylic acids is 1. The highest BCUT2D eigenvalue weighted by Gasteiger charge is 2.19. The first-order valence-corrected chi connectivity index (χ1v) is 7.00. The van der Waals surface area contributed by atoms with Crippen LogP contribution in [-0.2, 0) is 4.74 Å². The molecule has 0 unspecified atom stereocenters. The quantitative estimate of drug-likeness (QED) is 0.815. The van der Waals surface area contributed by atoms with Crippen LogP contribution in [0.1, 0.15) is 37.2 Å². The van der Waals surface area contributed by atoms with Crippen LogP contribution in [0, 0.1) is 5.82 Å². The summed E-state index contributed by atoms with van der Waals surface area (Å²) in [6.45, 7) is 5.59. The molecule has 1 aromatic carbocycles. The first-order chi connectivity index (χ1) is 10.4. The number of hydrogen-bond acceptors (Lipinski definition) is 4. The zero-order valence-corrected chi connectivity index (χ0v) is 12.7. The number of carbonyl (C=O) groups is 1. The maximum atomic E-state index is 13.0. The lowest BCUT2D eigenvalue weighted by Gasteiger charge is -2.13. The van der Waals surface area contributed by atoms with Gasteiger partial charge in [-0.05, 0) is 45.0 Å². The zero-order valence-electron chi connectivity index (χ0n) is 12.7. The second-order valence-electron chi connectivity index (χ2n) is 5.02. The molecule has 5 nitrogen and oxygen atoms in total. The van der Waals surface area contributed by atoms with Crippen LogP contribution in [-0.4, -0.2) is 22.4 Å². The third-order valence-corrected chi connectivity index (χ3v) is 3.08. The van der Waals surface area contributed by atoms with Crippen molar-refractivity contribution in [2.75, 3.05) is 6.61 Å². The lowest BCUT2D eigenvalue weighted by molar-refractivity contribution is 0.0523. The topological polar surface area (TPSA) is 61.2 Å². The molecule has 116 valence electrons. The van der Waals surface area contributed by atoms with Crippen LogP contribution in [0.4, 0.5) is 4.39 Å². The van der Waals surface area contributed by atoms with Crippen LogP contribution in [0.15, 0.2) is 35.3 Å². The molecular weight excluding hydrogens is 287 g/mol. The summed E-state index contributed by atoms with van der Waals surface area (Å²) in [6.07, 6.45) is 1.39. The zero-order chi connectivity index (χ0) is 16.3. The van der Waals surface area contributed by atoms with E-state index >= 15 is 0 Å². The molecule has 1 aromatic heterocycles. The molecule has 0 bridgehead atoms. The van der Waals surface area contributed by atoms with Crippen LogP contribution < -0.4 is 5.43 Å². The van der Waals surface area contributed by atoms with Crippen LogP contribution in [0.25, 0.3) is 11.3 Å². The van der Waals surface area contributed by atoms with Gasteiger partial charge in [-0.25, -0.2) is 9.18 Å². The monoisotopic (exact) mass is 304 g/mol. The Labute approximate surface area is 127 Å². The molecule has 0 saturated carbocycles. The number of ether oxygens (including phenoxy) is 1. The summed E-state index contributed by atoms with van der Waals surface area (Å²) in [5.74, 6) is -1.10. The molecule has 6 heteroatoms. The molecule has 0 aliphatic carbocycles. The van der Waals surface area contributed by atoms with Crippen LogP contribution in [0.3, 0.4) is 0 Å². The van der Waals surface area contributed by atoms with Gasteiger partial charge in [-0.3, -0.25) is 9.48 Å². The van der Waals surface area contributed by atoms with Gasteiger partial charge in [-0.2, -0.15) is 5.10 Å². The second-order valence-corrected chi connectivity index (χ2v) is 5.02. The van der Waals surface area contributed by atoms with Crippen molar-refractivity contribution in [2.24, 2.45) is 0 Å². The Bertz CT molecular complexity index is 736. The van der Waals surface area contributed by atoms with E-state index in [1.807, 2.05) is 13.8 Å². The fourth-order valence-electron chi connectivity index (χ4n) is 1.92. The largest absolute Gasteiger partial charge is 0.462 e. The van der Waals surface area contributed by atoms with Gasteiger partial charge in [0.05, 0.1) is 6.61 Å². The van der Waals surface area contributed by atoms with Crippen molar-refractivity contribution in [3.05, 3.63) is 52.1 Å². The summed E-state index contributed by atoms with van der Waals surface area (Å²) in [5.41, 5.74) is -0.0574. The average Bonchev–Trinajstić information content (AvgIpc) is 2.48. The van der Waals surface area contributed by atoms with Crippen molar-refractivity contribution in [3.8, 4) is 11.3 Å². The molecule has 2 rings (SSSR count). The lowest BCUT2D eigenvalue weighted by Crippen LogP contribution is -2.24. The molecule has 0 atom stereocenters. The molecule has 0 saturated heterocycles. The van der Waals surface area contributed by atoms with Gasteiger partial charge in [0.2, 0.25) is 5.43 Å². The normalized spacial score (nSPS) is 10.8. The fourth-order valence-corrected chi connectivity index (χ4v) is 1.92. The molecule has 22 heavy (non-hydrogen) atoms. The maximum absolute atomic E-state index is 13.0. The molecule has 0 aliphatic heterocycles. The van der Waals surface area contributed by atoms with E-state index in [0.717, 1.165) is 0 Å². The van der Waals surface area contributed by atoms with Crippen molar-refractivity contribution >= 4 is 5.97 Å². The van der Waals surface area contributed by atoms with E-state index in [1.165, 1.54) is 35.1 Å². The number of esters is 1. The van der Waals surface area contributed by atoms with Gasteiger partial charge >= 0.3 is 5.97 Å².